The number of carbonyl (C=O) groups excluding carboxylic acids is 1. The minimum absolute atomic E-state index is 0.0455. The number of carbonyl (C=O) groups is 1. The zero-order valence-corrected chi connectivity index (χ0v) is 13.1. The quantitative estimate of drug-likeness (QED) is 0.644. The maximum absolute atomic E-state index is 12.6. The lowest BCUT2D eigenvalue weighted by Gasteiger charge is -2.31. The van der Waals surface area contributed by atoms with Gasteiger partial charge in [0.1, 0.15) is 6.61 Å². The Balaban J connectivity index is 1.59. The second-order valence-corrected chi connectivity index (χ2v) is 6.47. The third kappa shape index (κ3) is 3.29. The molecular formula is C17H18N2O2S. The molecule has 114 valence electrons. The van der Waals surface area contributed by atoms with Gasteiger partial charge in [-0.05, 0) is 30.9 Å². The zero-order valence-electron chi connectivity index (χ0n) is 12.3. The summed E-state index contributed by atoms with van der Waals surface area (Å²) >= 11 is 1.47. The van der Waals surface area contributed by atoms with E-state index >= 15 is 0 Å². The van der Waals surface area contributed by atoms with E-state index in [1.807, 2.05) is 29.2 Å². The third-order valence-electron chi connectivity index (χ3n) is 3.92. The van der Waals surface area contributed by atoms with Crippen molar-refractivity contribution in [2.24, 2.45) is 5.92 Å². The lowest BCUT2D eigenvalue weighted by atomic mass is 9.98. The lowest BCUT2D eigenvalue weighted by molar-refractivity contribution is 0.0582. The van der Waals surface area contributed by atoms with Crippen LogP contribution in [0, 0.1) is 18.3 Å². The summed E-state index contributed by atoms with van der Waals surface area (Å²) in [6.07, 6.45) is 7.09. The molecule has 1 fully saturated rings. The number of ether oxygens (including phenoxy) is 1. The molecule has 3 rings (SSSR count). The molecule has 0 radical (unpaired) electrons. The van der Waals surface area contributed by atoms with Crippen molar-refractivity contribution in [1.82, 2.24) is 9.88 Å². The van der Waals surface area contributed by atoms with Gasteiger partial charge in [-0.1, -0.05) is 18.1 Å². The molecule has 5 heteroatoms. The Morgan fingerprint density at radius 1 is 1.41 bits per heavy atom. The lowest BCUT2D eigenvalue weighted by Crippen LogP contribution is -2.39. The van der Waals surface area contributed by atoms with Crippen LogP contribution in [0.15, 0.2) is 24.3 Å². The number of amides is 1. The van der Waals surface area contributed by atoms with Crippen LogP contribution in [0.4, 0.5) is 0 Å². The van der Waals surface area contributed by atoms with Crippen molar-refractivity contribution in [3.63, 3.8) is 0 Å². The molecule has 1 amide bonds. The molecule has 0 unspecified atom stereocenters. The average Bonchev–Trinajstić information content (AvgIpc) is 2.99. The van der Waals surface area contributed by atoms with E-state index in [2.05, 4.69) is 10.9 Å². The van der Waals surface area contributed by atoms with Gasteiger partial charge in [0.2, 0.25) is 0 Å². The number of piperidine rings is 1. The number of fused-ring (bicyclic) bond motifs is 1. The zero-order chi connectivity index (χ0) is 15.4. The van der Waals surface area contributed by atoms with E-state index in [0.717, 1.165) is 36.1 Å². The van der Waals surface area contributed by atoms with Crippen molar-refractivity contribution in [1.29, 1.82) is 0 Å². The Bertz CT molecular complexity index is 663. The van der Waals surface area contributed by atoms with E-state index in [1.165, 1.54) is 11.3 Å². The average molecular weight is 314 g/mol. The number of nitrogens with zero attached hydrogens (tertiary/aromatic N) is 2. The summed E-state index contributed by atoms with van der Waals surface area (Å²) in [5, 5.41) is 0.586. The Hall–Kier alpha value is -1.90. The van der Waals surface area contributed by atoms with Gasteiger partial charge in [0.25, 0.3) is 5.91 Å². The Morgan fingerprint density at radius 2 is 2.18 bits per heavy atom. The molecule has 1 aliphatic heterocycles. The summed E-state index contributed by atoms with van der Waals surface area (Å²) < 4.78 is 6.45. The van der Waals surface area contributed by atoms with E-state index in [0.29, 0.717) is 24.1 Å². The first-order valence-corrected chi connectivity index (χ1v) is 8.25. The SMILES string of the molecule is C#CCOCC1CCN(C(=O)c2nc3ccccc3s2)CC1. The molecule has 0 aliphatic carbocycles. The fourth-order valence-corrected chi connectivity index (χ4v) is 3.62. The molecule has 4 nitrogen and oxygen atoms in total. The van der Waals surface area contributed by atoms with Gasteiger partial charge in [-0.25, -0.2) is 4.98 Å². The molecular weight excluding hydrogens is 296 g/mol. The maximum atomic E-state index is 12.6. The van der Waals surface area contributed by atoms with Crippen LogP contribution in [0.25, 0.3) is 10.2 Å². The van der Waals surface area contributed by atoms with Crippen molar-refractivity contribution < 1.29 is 9.53 Å². The van der Waals surface area contributed by atoms with Gasteiger partial charge in [-0.15, -0.1) is 17.8 Å². The van der Waals surface area contributed by atoms with E-state index in [9.17, 15) is 4.79 Å². The van der Waals surface area contributed by atoms with Gasteiger partial charge in [0.05, 0.1) is 16.8 Å². The fourth-order valence-electron chi connectivity index (χ4n) is 2.69. The molecule has 0 bridgehead atoms. The standard InChI is InChI=1S/C17H18N2O2S/c1-2-11-21-12-13-7-9-19(10-8-13)17(20)16-18-14-5-3-4-6-15(14)22-16/h1,3-6,13H,7-12H2. The molecule has 0 spiro atoms. The van der Waals surface area contributed by atoms with Crippen molar-refractivity contribution in [3.8, 4) is 12.3 Å². The monoisotopic (exact) mass is 314 g/mol. The summed E-state index contributed by atoms with van der Waals surface area (Å²) in [6.45, 7) is 2.58. The van der Waals surface area contributed by atoms with Crippen LogP contribution < -0.4 is 0 Å². The summed E-state index contributed by atoms with van der Waals surface area (Å²) in [6, 6.07) is 7.85. The number of thiazole rings is 1. The van der Waals surface area contributed by atoms with Crippen molar-refractivity contribution in [3.05, 3.63) is 29.3 Å². The van der Waals surface area contributed by atoms with E-state index in [1.54, 1.807) is 0 Å². The predicted octanol–water partition coefficient (Wildman–Crippen LogP) is 2.80. The Morgan fingerprint density at radius 3 is 2.91 bits per heavy atom. The van der Waals surface area contributed by atoms with E-state index in [-0.39, 0.29) is 5.91 Å². The van der Waals surface area contributed by atoms with Gasteiger partial charge in [0, 0.05) is 13.1 Å². The van der Waals surface area contributed by atoms with Crippen LogP contribution in [-0.4, -0.2) is 42.1 Å². The van der Waals surface area contributed by atoms with Gasteiger partial charge >= 0.3 is 0 Å². The minimum atomic E-state index is 0.0455. The Labute approximate surface area is 134 Å². The first-order chi connectivity index (χ1) is 10.8. The molecule has 2 aromatic rings. The number of terminal acetylenes is 1. The largest absolute Gasteiger partial charge is 0.369 e. The highest BCUT2D eigenvalue weighted by Gasteiger charge is 2.25. The second kappa shape index (κ2) is 6.91. The van der Waals surface area contributed by atoms with Crippen molar-refractivity contribution in [2.45, 2.75) is 12.8 Å². The first-order valence-electron chi connectivity index (χ1n) is 7.44. The number of hydrogen-bond acceptors (Lipinski definition) is 4. The smallest absolute Gasteiger partial charge is 0.282 e. The molecule has 0 saturated carbocycles. The molecule has 0 N–H and O–H groups in total. The highest BCUT2D eigenvalue weighted by atomic mass is 32.1. The Kier molecular flexibility index (Phi) is 4.71. The fraction of sp³-hybridized carbons (Fsp3) is 0.412. The van der Waals surface area contributed by atoms with Crippen molar-refractivity contribution >= 4 is 27.5 Å². The molecule has 1 aliphatic rings. The minimum Gasteiger partial charge on any atom is -0.369 e. The highest BCUT2D eigenvalue weighted by Crippen LogP contribution is 2.25. The number of benzene rings is 1. The number of rotatable bonds is 4. The van der Waals surface area contributed by atoms with E-state index < -0.39 is 0 Å². The van der Waals surface area contributed by atoms with Gasteiger partial charge in [0.15, 0.2) is 5.01 Å². The first kappa shape index (κ1) is 15.0. The van der Waals surface area contributed by atoms with Crippen LogP contribution in [0.2, 0.25) is 0 Å². The van der Waals surface area contributed by atoms with Crippen LogP contribution >= 0.6 is 11.3 Å². The summed E-state index contributed by atoms with van der Waals surface area (Å²) in [5.74, 6) is 3.01. The highest BCUT2D eigenvalue weighted by molar-refractivity contribution is 7.20. The third-order valence-corrected chi connectivity index (χ3v) is 4.94. The number of aromatic nitrogens is 1. The summed E-state index contributed by atoms with van der Waals surface area (Å²) in [7, 11) is 0. The predicted molar refractivity (Wildman–Crippen MR) is 87.9 cm³/mol. The summed E-state index contributed by atoms with van der Waals surface area (Å²) in [4.78, 5) is 18.9. The number of likely N-dealkylation sites (tertiary alicyclic amines) is 1. The molecule has 1 aromatic carbocycles. The van der Waals surface area contributed by atoms with Crippen LogP contribution in [0.1, 0.15) is 22.6 Å². The summed E-state index contributed by atoms with van der Waals surface area (Å²) in [5.41, 5.74) is 0.897. The van der Waals surface area contributed by atoms with Gasteiger partial charge < -0.3 is 9.64 Å². The van der Waals surface area contributed by atoms with Crippen LogP contribution in [0.3, 0.4) is 0 Å². The van der Waals surface area contributed by atoms with Crippen LogP contribution in [0.5, 0.6) is 0 Å². The molecule has 1 aromatic heterocycles. The molecule has 22 heavy (non-hydrogen) atoms. The molecule has 1 saturated heterocycles. The molecule has 2 heterocycles. The van der Waals surface area contributed by atoms with E-state index in [4.69, 9.17) is 11.2 Å². The van der Waals surface area contributed by atoms with Gasteiger partial charge in [-0.3, -0.25) is 4.79 Å². The topological polar surface area (TPSA) is 42.4 Å². The normalized spacial score (nSPS) is 15.9. The van der Waals surface area contributed by atoms with Crippen molar-refractivity contribution in [2.75, 3.05) is 26.3 Å². The molecule has 0 atom stereocenters. The number of hydrogen-bond donors (Lipinski definition) is 0. The van der Waals surface area contributed by atoms with Gasteiger partial charge in [-0.2, -0.15) is 0 Å². The number of para-hydroxylation sites is 1. The second-order valence-electron chi connectivity index (χ2n) is 5.44. The maximum Gasteiger partial charge on any atom is 0.282 e. The van der Waals surface area contributed by atoms with Crippen LogP contribution in [-0.2, 0) is 4.74 Å².